The molecule has 5 heteroatoms. The molecule has 0 atom stereocenters. The number of methoxy groups -OCH3 is 1. The largest absolute Gasteiger partial charge is 0.465 e. The van der Waals surface area contributed by atoms with Crippen molar-refractivity contribution in [2.45, 2.75) is 0 Å². The highest BCUT2D eigenvalue weighted by Gasteiger charge is 2.14. The number of halogens is 1. The average Bonchev–Trinajstić information content (AvgIpc) is 2.92. The SMILES string of the molecule is COC(=O)c1ccc2nc3[nH]c4ccccc4c3c(Cl)c2c1. The molecule has 0 spiro atoms. The number of rotatable bonds is 1. The molecule has 2 aromatic heterocycles. The number of esters is 1. The summed E-state index contributed by atoms with van der Waals surface area (Å²) >= 11 is 6.60. The summed E-state index contributed by atoms with van der Waals surface area (Å²) in [4.78, 5) is 19.6. The van der Waals surface area contributed by atoms with Crippen LogP contribution in [0.5, 0.6) is 0 Å². The van der Waals surface area contributed by atoms with Gasteiger partial charge in [-0.15, -0.1) is 0 Å². The van der Waals surface area contributed by atoms with Gasteiger partial charge in [0.15, 0.2) is 0 Å². The Balaban J connectivity index is 2.13. The fraction of sp³-hybridized carbons (Fsp3) is 0.0588. The number of pyridine rings is 1. The lowest BCUT2D eigenvalue weighted by molar-refractivity contribution is 0.0601. The van der Waals surface area contributed by atoms with Crippen LogP contribution in [0.1, 0.15) is 10.4 Å². The molecule has 0 unspecified atom stereocenters. The third-order valence-electron chi connectivity index (χ3n) is 3.79. The first kappa shape index (κ1) is 13.1. The van der Waals surface area contributed by atoms with Gasteiger partial charge >= 0.3 is 5.97 Å². The predicted octanol–water partition coefficient (Wildman–Crippen LogP) is 4.31. The van der Waals surface area contributed by atoms with E-state index in [0.29, 0.717) is 10.6 Å². The maximum absolute atomic E-state index is 11.7. The Morgan fingerprint density at radius 3 is 2.82 bits per heavy atom. The number of H-pyrrole nitrogens is 1. The van der Waals surface area contributed by atoms with Gasteiger partial charge in [-0.1, -0.05) is 29.8 Å². The Hall–Kier alpha value is -2.59. The third kappa shape index (κ3) is 1.77. The number of para-hydroxylation sites is 1. The topological polar surface area (TPSA) is 55.0 Å². The van der Waals surface area contributed by atoms with Crippen molar-refractivity contribution in [2.24, 2.45) is 0 Å². The zero-order valence-electron chi connectivity index (χ0n) is 11.7. The summed E-state index contributed by atoms with van der Waals surface area (Å²) in [5.74, 6) is -0.392. The molecular weight excluding hydrogens is 300 g/mol. The highest BCUT2D eigenvalue weighted by molar-refractivity contribution is 6.42. The average molecular weight is 311 g/mol. The van der Waals surface area contributed by atoms with Crippen LogP contribution in [0.15, 0.2) is 42.5 Å². The first-order valence-electron chi connectivity index (χ1n) is 6.77. The quantitative estimate of drug-likeness (QED) is 0.533. The zero-order valence-corrected chi connectivity index (χ0v) is 12.4. The van der Waals surface area contributed by atoms with Gasteiger partial charge in [-0.3, -0.25) is 0 Å². The molecule has 4 rings (SSSR count). The fourth-order valence-corrected chi connectivity index (χ4v) is 3.09. The molecule has 0 amide bonds. The van der Waals surface area contributed by atoms with Crippen LogP contribution in [0.3, 0.4) is 0 Å². The number of hydrogen-bond acceptors (Lipinski definition) is 3. The highest BCUT2D eigenvalue weighted by Crippen LogP contribution is 2.35. The Morgan fingerprint density at radius 1 is 1.18 bits per heavy atom. The summed E-state index contributed by atoms with van der Waals surface area (Å²) in [6, 6.07) is 13.1. The summed E-state index contributed by atoms with van der Waals surface area (Å²) in [6.45, 7) is 0. The minimum absolute atomic E-state index is 0.392. The summed E-state index contributed by atoms with van der Waals surface area (Å²) in [5, 5.41) is 3.21. The molecule has 0 fully saturated rings. The number of ether oxygens (including phenoxy) is 1. The van der Waals surface area contributed by atoms with E-state index in [2.05, 4.69) is 9.97 Å². The van der Waals surface area contributed by atoms with Crippen LogP contribution in [0, 0.1) is 0 Å². The van der Waals surface area contributed by atoms with E-state index in [0.717, 1.165) is 32.8 Å². The molecular formula is C17H11ClN2O2. The molecule has 0 bridgehead atoms. The number of carbonyl (C=O) groups is 1. The summed E-state index contributed by atoms with van der Waals surface area (Å²) in [7, 11) is 1.36. The maximum atomic E-state index is 11.7. The summed E-state index contributed by atoms with van der Waals surface area (Å²) in [5.41, 5.74) is 2.91. The summed E-state index contributed by atoms with van der Waals surface area (Å²) < 4.78 is 4.76. The van der Waals surface area contributed by atoms with E-state index in [1.807, 2.05) is 24.3 Å². The first-order chi connectivity index (χ1) is 10.7. The Labute approximate surface area is 130 Å². The lowest BCUT2D eigenvalue weighted by atomic mass is 10.1. The van der Waals surface area contributed by atoms with Crippen LogP contribution in [0.4, 0.5) is 0 Å². The van der Waals surface area contributed by atoms with Crippen molar-refractivity contribution in [3.05, 3.63) is 53.1 Å². The lowest BCUT2D eigenvalue weighted by Gasteiger charge is -2.05. The number of benzene rings is 2. The van der Waals surface area contributed by atoms with Gasteiger partial charge in [-0.25, -0.2) is 9.78 Å². The normalized spacial score (nSPS) is 11.4. The molecule has 0 saturated heterocycles. The molecule has 2 heterocycles. The smallest absolute Gasteiger partial charge is 0.337 e. The van der Waals surface area contributed by atoms with Gasteiger partial charge in [0.2, 0.25) is 0 Å². The van der Waals surface area contributed by atoms with Crippen molar-refractivity contribution in [1.82, 2.24) is 9.97 Å². The molecule has 1 N–H and O–H groups in total. The van der Waals surface area contributed by atoms with Gasteiger partial charge in [-0.05, 0) is 24.3 Å². The number of nitrogens with zero attached hydrogens (tertiary/aromatic N) is 1. The Kier molecular flexibility index (Phi) is 2.81. The van der Waals surface area contributed by atoms with Crippen molar-refractivity contribution < 1.29 is 9.53 Å². The second kappa shape index (κ2) is 4.71. The van der Waals surface area contributed by atoms with E-state index in [-0.39, 0.29) is 0 Å². The monoisotopic (exact) mass is 310 g/mol. The van der Waals surface area contributed by atoms with E-state index in [1.54, 1.807) is 18.2 Å². The van der Waals surface area contributed by atoms with Crippen molar-refractivity contribution in [3.8, 4) is 0 Å². The Morgan fingerprint density at radius 2 is 2.00 bits per heavy atom. The number of aromatic amines is 1. The summed E-state index contributed by atoms with van der Waals surface area (Å²) in [6.07, 6.45) is 0. The Bertz CT molecular complexity index is 1050. The standard InChI is InChI=1S/C17H11ClN2O2/c1-22-17(21)9-6-7-13-11(8-9)15(18)14-10-4-2-3-5-12(10)19-16(14)20-13/h2-8H,1H3,(H,19,20). The molecule has 0 aliphatic carbocycles. The number of carbonyl (C=O) groups excluding carboxylic acids is 1. The molecule has 2 aromatic carbocycles. The molecule has 0 radical (unpaired) electrons. The maximum Gasteiger partial charge on any atom is 0.337 e. The molecule has 4 nitrogen and oxygen atoms in total. The minimum Gasteiger partial charge on any atom is -0.465 e. The molecule has 0 saturated carbocycles. The van der Waals surface area contributed by atoms with Crippen molar-refractivity contribution >= 4 is 50.4 Å². The van der Waals surface area contributed by atoms with Crippen molar-refractivity contribution in [2.75, 3.05) is 7.11 Å². The van der Waals surface area contributed by atoms with Crippen LogP contribution in [0.2, 0.25) is 5.02 Å². The number of fused-ring (bicyclic) bond motifs is 4. The number of hydrogen-bond donors (Lipinski definition) is 1. The van der Waals surface area contributed by atoms with Crippen LogP contribution < -0.4 is 0 Å². The van der Waals surface area contributed by atoms with E-state index in [9.17, 15) is 4.79 Å². The molecule has 4 aromatic rings. The van der Waals surface area contributed by atoms with Crippen LogP contribution in [-0.4, -0.2) is 23.0 Å². The van der Waals surface area contributed by atoms with E-state index < -0.39 is 5.97 Å². The van der Waals surface area contributed by atoms with Gasteiger partial charge in [0, 0.05) is 21.7 Å². The highest BCUT2D eigenvalue weighted by atomic mass is 35.5. The van der Waals surface area contributed by atoms with Crippen molar-refractivity contribution in [1.29, 1.82) is 0 Å². The van der Waals surface area contributed by atoms with Gasteiger partial charge in [0.25, 0.3) is 0 Å². The van der Waals surface area contributed by atoms with E-state index >= 15 is 0 Å². The van der Waals surface area contributed by atoms with Gasteiger partial charge in [-0.2, -0.15) is 0 Å². The minimum atomic E-state index is -0.392. The third-order valence-corrected chi connectivity index (χ3v) is 4.18. The molecule has 22 heavy (non-hydrogen) atoms. The van der Waals surface area contributed by atoms with Crippen LogP contribution >= 0.6 is 11.6 Å². The molecule has 108 valence electrons. The first-order valence-corrected chi connectivity index (χ1v) is 7.15. The molecule has 0 aliphatic heterocycles. The van der Waals surface area contributed by atoms with E-state index in [4.69, 9.17) is 16.3 Å². The molecule has 0 aliphatic rings. The second-order valence-corrected chi connectivity index (χ2v) is 5.42. The van der Waals surface area contributed by atoms with Crippen LogP contribution in [0.25, 0.3) is 32.8 Å². The van der Waals surface area contributed by atoms with Gasteiger partial charge in [0.1, 0.15) is 5.65 Å². The van der Waals surface area contributed by atoms with E-state index in [1.165, 1.54) is 7.11 Å². The number of aromatic nitrogens is 2. The lowest BCUT2D eigenvalue weighted by Crippen LogP contribution is -2.00. The predicted molar refractivity (Wildman–Crippen MR) is 87.5 cm³/mol. The fourth-order valence-electron chi connectivity index (χ4n) is 2.74. The second-order valence-electron chi connectivity index (χ2n) is 5.04. The van der Waals surface area contributed by atoms with Crippen LogP contribution in [-0.2, 0) is 4.74 Å². The van der Waals surface area contributed by atoms with Gasteiger partial charge in [0.05, 0.1) is 23.2 Å². The van der Waals surface area contributed by atoms with Gasteiger partial charge < -0.3 is 9.72 Å². The van der Waals surface area contributed by atoms with Crippen molar-refractivity contribution in [3.63, 3.8) is 0 Å². The zero-order chi connectivity index (χ0) is 15.3. The number of nitrogens with one attached hydrogen (secondary N) is 1.